The molecule has 22 heavy (non-hydrogen) atoms. The Morgan fingerprint density at radius 1 is 1.05 bits per heavy atom. The zero-order valence-corrected chi connectivity index (χ0v) is 12.3. The predicted molar refractivity (Wildman–Crippen MR) is 82.4 cm³/mol. The number of hydrogen-bond donors (Lipinski definition) is 1. The van der Waals surface area contributed by atoms with E-state index in [0.29, 0.717) is 30.9 Å². The van der Waals surface area contributed by atoms with Crippen molar-refractivity contribution in [2.75, 3.05) is 13.1 Å². The van der Waals surface area contributed by atoms with Crippen LogP contribution in [0, 0.1) is 0 Å². The largest absolute Gasteiger partial charge is 0.489 e. The highest BCUT2D eigenvalue weighted by atomic mass is 19.3. The van der Waals surface area contributed by atoms with Crippen LogP contribution in [0.25, 0.3) is 0 Å². The van der Waals surface area contributed by atoms with Gasteiger partial charge in [0.15, 0.2) is 0 Å². The first-order valence-electron chi connectivity index (χ1n) is 7.50. The molecule has 0 spiro atoms. The molecule has 2 aromatic rings. The molecule has 4 heteroatoms. The Bertz CT molecular complexity index is 598. The third-order valence-corrected chi connectivity index (χ3v) is 4.01. The minimum Gasteiger partial charge on any atom is -0.489 e. The summed E-state index contributed by atoms with van der Waals surface area (Å²) in [6, 6.07) is 16.9. The van der Waals surface area contributed by atoms with Crippen LogP contribution < -0.4 is 10.1 Å². The Kier molecular flexibility index (Phi) is 4.39. The van der Waals surface area contributed by atoms with Crippen molar-refractivity contribution in [1.29, 1.82) is 0 Å². The summed E-state index contributed by atoms with van der Waals surface area (Å²) in [7, 11) is 0. The molecule has 1 aliphatic heterocycles. The third-order valence-electron chi connectivity index (χ3n) is 4.01. The smallest absolute Gasteiger partial charge is 0.267 e. The van der Waals surface area contributed by atoms with Gasteiger partial charge in [0.25, 0.3) is 5.92 Å². The van der Waals surface area contributed by atoms with Gasteiger partial charge in [-0.2, -0.15) is 0 Å². The molecule has 1 heterocycles. The fraction of sp³-hybridized carbons (Fsp3) is 0.333. The second-order valence-corrected chi connectivity index (χ2v) is 5.62. The van der Waals surface area contributed by atoms with Crippen molar-refractivity contribution in [3.8, 4) is 5.75 Å². The maximum atomic E-state index is 13.9. The standard InChI is InChI=1S/C18H19F2NO/c19-18(20)13-21-11-10-17(18)15-6-8-16(9-7-15)22-12-14-4-2-1-3-5-14/h1-9,17,21H,10-13H2. The topological polar surface area (TPSA) is 21.3 Å². The maximum Gasteiger partial charge on any atom is 0.267 e. The average molecular weight is 303 g/mol. The molecule has 116 valence electrons. The Balaban J connectivity index is 1.65. The first-order chi connectivity index (χ1) is 10.6. The molecule has 0 aromatic heterocycles. The fourth-order valence-electron chi connectivity index (χ4n) is 2.78. The van der Waals surface area contributed by atoms with Gasteiger partial charge in [0, 0.05) is 0 Å². The molecule has 0 saturated carbocycles. The summed E-state index contributed by atoms with van der Waals surface area (Å²) < 4.78 is 33.5. The van der Waals surface area contributed by atoms with Crippen molar-refractivity contribution in [1.82, 2.24) is 5.32 Å². The molecular weight excluding hydrogens is 284 g/mol. The first kappa shape index (κ1) is 15.0. The third kappa shape index (κ3) is 3.45. The molecule has 3 rings (SSSR count). The molecule has 1 saturated heterocycles. The summed E-state index contributed by atoms with van der Waals surface area (Å²) in [5.41, 5.74) is 1.76. The van der Waals surface area contributed by atoms with E-state index in [1.807, 2.05) is 30.3 Å². The van der Waals surface area contributed by atoms with Gasteiger partial charge in [-0.25, -0.2) is 8.78 Å². The van der Waals surface area contributed by atoms with Crippen LogP contribution in [-0.2, 0) is 6.61 Å². The summed E-state index contributed by atoms with van der Waals surface area (Å²) in [4.78, 5) is 0. The van der Waals surface area contributed by atoms with E-state index < -0.39 is 11.8 Å². The monoisotopic (exact) mass is 303 g/mol. The van der Waals surface area contributed by atoms with Crippen molar-refractivity contribution in [3.63, 3.8) is 0 Å². The van der Waals surface area contributed by atoms with Gasteiger partial charge in [-0.3, -0.25) is 0 Å². The van der Waals surface area contributed by atoms with E-state index in [-0.39, 0.29) is 6.54 Å². The lowest BCUT2D eigenvalue weighted by atomic mass is 9.87. The van der Waals surface area contributed by atoms with Crippen molar-refractivity contribution in [2.45, 2.75) is 24.9 Å². The van der Waals surface area contributed by atoms with Crippen LogP contribution in [0.3, 0.4) is 0 Å². The second-order valence-electron chi connectivity index (χ2n) is 5.62. The Labute approximate surface area is 129 Å². The summed E-state index contributed by atoms with van der Waals surface area (Å²) in [5.74, 6) is -2.70. The Hall–Kier alpha value is -1.94. The minimum atomic E-state index is -2.69. The van der Waals surface area contributed by atoms with Crippen LogP contribution in [0.4, 0.5) is 8.78 Å². The molecule has 0 aliphatic carbocycles. The van der Waals surface area contributed by atoms with E-state index in [4.69, 9.17) is 4.74 Å². The zero-order valence-electron chi connectivity index (χ0n) is 12.3. The van der Waals surface area contributed by atoms with Crippen molar-refractivity contribution in [3.05, 3.63) is 65.7 Å². The highest BCUT2D eigenvalue weighted by Gasteiger charge is 2.42. The van der Waals surface area contributed by atoms with Crippen LogP contribution in [0.2, 0.25) is 0 Å². The van der Waals surface area contributed by atoms with Gasteiger partial charge < -0.3 is 10.1 Å². The fourth-order valence-corrected chi connectivity index (χ4v) is 2.78. The number of piperidine rings is 1. The summed E-state index contributed by atoms with van der Waals surface area (Å²) >= 11 is 0. The second kappa shape index (κ2) is 6.44. The highest BCUT2D eigenvalue weighted by Crippen LogP contribution is 2.38. The van der Waals surface area contributed by atoms with E-state index >= 15 is 0 Å². The lowest BCUT2D eigenvalue weighted by Crippen LogP contribution is -2.44. The van der Waals surface area contributed by atoms with E-state index in [1.165, 1.54) is 0 Å². The highest BCUT2D eigenvalue weighted by molar-refractivity contribution is 5.31. The van der Waals surface area contributed by atoms with Gasteiger partial charge in [0.1, 0.15) is 12.4 Å². The number of hydrogen-bond acceptors (Lipinski definition) is 2. The molecule has 1 N–H and O–H groups in total. The van der Waals surface area contributed by atoms with Crippen molar-refractivity contribution >= 4 is 0 Å². The predicted octanol–water partition coefficient (Wildman–Crippen LogP) is 3.98. The lowest BCUT2D eigenvalue weighted by Gasteiger charge is -2.32. The summed E-state index contributed by atoms with van der Waals surface area (Å²) in [6.07, 6.45) is 0.456. The number of benzene rings is 2. The zero-order chi connectivity index (χ0) is 15.4. The molecule has 0 amide bonds. The molecule has 1 atom stereocenters. The maximum absolute atomic E-state index is 13.9. The number of halogens is 2. The summed E-state index contributed by atoms with van der Waals surface area (Å²) in [5, 5.41) is 2.75. The number of nitrogens with one attached hydrogen (secondary N) is 1. The quantitative estimate of drug-likeness (QED) is 0.922. The van der Waals surface area contributed by atoms with Gasteiger partial charge in [0.2, 0.25) is 0 Å². The van der Waals surface area contributed by atoms with Crippen molar-refractivity contribution < 1.29 is 13.5 Å². The molecule has 0 bridgehead atoms. The van der Waals surface area contributed by atoms with Crippen LogP contribution in [0.15, 0.2) is 54.6 Å². The van der Waals surface area contributed by atoms with Gasteiger partial charge in [-0.1, -0.05) is 42.5 Å². The molecule has 0 radical (unpaired) electrons. The van der Waals surface area contributed by atoms with Gasteiger partial charge in [-0.15, -0.1) is 0 Å². The Morgan fingerprint density at radius 3 is 2.45 bits per heavy atom. The summed E-state index contributed by atoms with van der Waals surface area (Å²) in [6.45, 7) is 0.861. The normalized spacial score (nSPS) is 20.5. The Morgan fingerprint density at radius 2 is 1.77 bits per heavy atom. The SMILES string of the molecule is FC1(F)CNCCC1c1ccc(OCc2ccccc2)cc1. The van der Waals surface area contributed by atoms with Crippen LogP contribution in [0.1, 0.15) is 23.5 Å². The number of ether oxygens (including phenoxy) is 1. The number of rotatable bonds is 4. The first-order valence-corrected chi connectivity index (χ1v) is 7.50. The van der Waals surface area contributed by atoms with Crippen LogP contribution in [-0.4, -0.2) is 19.0 Å². The molecule has 1 fully saturated rings. The van der Waals surface area contributed by atoms with E-state index in [0.717, 1.165) is 5.56 Å². The van der Waals surface area contributed by atoms with Gasteiger partial charge >= 0.3 is 0 Å². The minimum absolute atomic E-state index is 0.246. The van der Waals surface area contributed by atoms with E-state index in [9.17, 15) is 8.78 Å². The van der Waals surface area contributed by atoms with Gasteiger partial charge in [0.05, 0.1) is 12.5 Å². The molecular formula is C18H19F2NO. The molecule has 2 aromatic carbocycles. The number of alkyl halides is 2. The molecule has 2 nitrogen and oxygen atoms in total. The van der Waals surface area contributed by atoms with Crippen molar-refractivity contribution in [2.24, 2.45) is 0 Å². The molecule has 1 unspecified atom stereocenters. The van der Waals surface area contributed by atoms with Crippen LogP contribution in [0.5, 0.6) is 5.75 Å². The lowest BCUT2D eigenvalue weighted by molar-refractivity contribution is -0.0420. The van der Waals surface area contributed by atoms with E-state index in [2.05, 4.69) is 5.32 Å². The average Bonchev–Trinajstić information content (AvgIpc) is 2.54. The molecule has 1 aliphatic rings. The van der Waals surface area contributed by atoms with Crippen LogP contribution >= 0.6 is 0 Å². The van der Waals surface area contributed by atoms with Gasteiger partial charge in [-0.05, 0) is 36.2 Å². The van der Waals surface area contributed by atoms with E-state index in [1.54, 1.807) is 24.3 Å².